The van der Waals surface area contributed by atoms with Crippen LogP contribution in [-0.2, 0) is 21.8 Å². The van der Waals surface area contributed by atoms with E-state index in [9.17, 15) is 26.4 Å². The number of aryl methyl sites for hydroxylation is 1. The van der Waals surface area contributed by atoms with Gasteiger partial charge in [-0.25, -0.2) is 26.3 Å². The quantitative estimate of drug-likeness (QED) is 0.714. The fourth-order valence-electron chi connectivity index (χ4n) is 3.14. The summed E-state index contributed by atoms with van der Waals surface area (Å²) in [6.45, 7) is 0.243. The van der Waals surface area contributed by atoms with Gasteiger partial charge in [-0.15, -0.1) is 0 Å². The molecule has 0 spiro atoms. The minimum absolute atomic E-state index is 0.121. The second-order valence-electron chi connectivity index (χ2n) is 6.41. The molecule has 12 heteroatoms. The van der Waals surface area contributed by atoms with Gasteiger partial charge in [0.15, 0.2) is 28.9 Å². The lowest BCUT2D eigenvalue weighted by atomic mass is 10.2. The molecule has 0 aliphatic carbocycles. The minimum Gasteiger partial charge on any atom is -0.482 e. The highest BCUT2D eigenvalue weighted by atomic mass is 32.2. The van der Waals surface area contributed by atoms with Crippen molar-refractivity contribution >= 4 is 21.6 Å². The zero-order chi connectivity index (χ0) is 20.2. The van der Waals surface area contributed by atoms with Gasteiger partial charge in [-0.1, -0.05) is 0 Å². The van der Waals surface area contributed by atoms with Crippen LogP contribution in [0.5, 0.6) is 5.75 Å². The Labute approximate surface area is 157 Å². The zero-order valence-corrected chi connectivity index (χ0v) is 15.1. The van der Waals surface area contributed by atoms with Crippen molar-refractivity contribution in [2.75, 3.05) is 18.5 Å². The molecule has 150 valence electrons. The highest BCUT2D eigenvalue weighted by Gasteiger charge is 2.42. The molecule has 1 fully saturated rings. The Morgan fingerprint density at radius 3 is 2.61 bits per heavy atom. The van der Waals surface area contributed by atoms with Crippen molar-refractivity contribution in [3.05, 3.63) is 41.5 Å². The van der Waals surface area contributed by atoms with E-state index in [1.807, 2.05) is 0 Å². The molecule has 28 heavy (non-hydrogen) atoms. The lowest BCUT2D eigenvalue weighted by molar-refractivity contribution is 0.100. The maximum Gasteiger partial charge on any atom is 0.276 e. The highest BCUT2D eigenvalue weighted by Crippen LogP contribution is 2.35. The van der Waals surface area contributed by atoms with E-state index in [1.54, 1.807) is 0 Å². The number of hydrogen-bond acceptors (Lipinski definition) is 5. The summed E-state index contributed by atoms with van der Waals surface area (Å²) in [7, 11) is -2.57. The maximum absolute atomic E-state index is 13.4. The summed E-state index contributed by atoms with van der Waals surface area (Å²) in [6, 6.07) is 0.606. The highest BCUT2D eigenvalue weighted by molar-refractivity contribution is 7.89. The number of anilines is 1. The third kappa shape index (κ3) is 3.02. The standard InChI is InChI=1S/C16H14F3N3O5S/c1-22-4-12-15(27-11-6-26-5-10(11)21-28(12,24)25)14(22)16(23)20-7-2-8(17)13(19)9(18)3-7/h2-4,10-11,21H,5-6H2,1H3,(H,20,23)/t10-,11-/m1/s1. The van der Waals surface area contributed by atoms with Gasteiger partial charge in [0.2, 0.25) is 10.0 Å². The van der Waals surface area contributed by atoms with E-state index in [4.69, 9.17) is 9.47 Å². The van der Waals surface area contributed by atoms with Crippen molar-refractivity contribution < 1.29 is 35.9 Å². The second-order valence-corrected chi connectivity index (χ2v) is 8.09. The Morgan fingerprint density at radius 1 is 1.25 bits per heavy atom. The molecule has 2 atom stereocenters. The molecule has 1 aromatic heterocycles. The van der Waals surface area contributed by atoms with Gasteiger partial charge in [-0.05, 0) is 0 Å². The number of fused-ring (bicyclic) bond motifs is 2. The first-order valence-electron chi connectivity index (χ1n) is 8.09. The number of nitrogens with zero attached hydrogens (tertiary/aromatic N) is 1. The maximum atomic E-state index is 13.4. The smallest absolute Gasteiger partial charge is 0.276 e. The molecule has 8 nitrogen and oxygen atoms in total. The number of rotatable bonds is 2. The number of nitrogens with one attached hydrogen (secondary N) is 2. The molecule has 2 aliphatic heterocycles. The minimum atomic E-state index is -3.99. The predicted molar refractivity (Wildman–Crippen MR) is 89.0 cm³/mol. The Hall–Kier alpha value is -2.57. The molecule has 0 radical (unpaired) electrons. The summed E-state index contributed by atoms with van der Waals surface area (Å²) in [5.41, 5.74) is -0.522. The van der Waals surface area contributed by atoms with Crippen molar-refractivity contribution in [2.45, 2.75) is 17.0 Å². The van der Waals surface area contributed by atoms with E-state index in [0.29, 0.717) is 12.1 Å². The monoisotopic (exact) mass is 417 g/mol. The van der Waals surface area contributed by atoms with E-state index in [0.717, 1.165) is 0 Å². The number of hydrogen-bond donors (Lipinski definition) is 2. The van der Waals surface area contributed by atoms with Crippen LogP contribution in [0.2, 0.25) is 0 Å². The average Bonchev–Trinajstić information content (AvgIpc) is 3.14. The summed E-state index contributed by atoms with van der Waals surface area (Å²) < 4.78 is 79.7. The van der Waals surface area contributed by atoms with Crippen molar-refractivity contribution in [1.82, 2.24) is 9.29 Å². The Kier molecular flexibility index (Phi) is 4.36. The molecule has 1 amide bonds. The van der Waals surface area contributed by atoms with E-state index in [-0.39, 0.29) is 35.2 Å². The zero-order valence-electron chi connectivity index (χ0n) is 14.3. The van der Waals surface area contributed by atoms with E-state index >= 15 is 0 Å². The van der Waals surface area contributed by atoms with Gasteiger partial charge in [-0.3, -0.25) is 4.79 Å². The molecule has 1 aromatic carbocycles. The van der Waals surface area contributed by atoms with Gasteiger partial charge >= 0.3 is 0 Å². The second kappa shape index (κ2) is 6.50. The number of amides is 1. The molecule has 2 aliphatic rings. The van der Waals surface area contributed by atoms with Crippen LogP contribution in [0.4, 0.5) is 18.9 Å². The number of aromatic nitrogens is 1. The lowest BCUT2D eigenvalue weighted by Crippen LogP contribution is -2.42. The molecule has 0 saturated carbocycles. The number of carbonyl (C=O) groups is 1. The average molecular weight is 417 g/mol. The van der Waals surface area contributed by atoms with Crippen LogP contribution in [0, 0.1) is 17.5 Å². The molecule has 2 N–H and O–H groups in total. The lowest BCUT2D eigenvalue weighted by Gasteiger charge is -2.16. The number of benzene rings is 1. The summed E-state index contributed by atoms with van der Waals surface area (Å²) in [6.07, 6.45) is 0.547. The third-order valence-corrected chi connectivity index (χ3v) is 5.94. The number of halogens is 3. The predicted octanol–water partition coefficient (Wildman–Crippen LogP) is 1.13. The number of carbonyl (C=O) groups excluding carboxylic acids is 1. The third-order valence-electron chi connectivity index (χ3n) is 4.45. The largest absolute Gasteiger partial charge is 0.482 e. The Bertz CT molecular complexity index is 1060. The topological polar surface area (TPSA) is 98.7 Å². The summed E-state index contributed by atoms with van der Waals surface area (Å²) >= 11 is 0. The van der Waals surface area contributed by atoms with Crippen LogP contribution in [0.25, 0.3) is 0 Å². The van der Waals surface area contributed by atoms with E-state index < -0.39 is 45.5 Å². The Balaban J connectivity index is 1.73. The molecule has 0 unspecified atom stereocenters. The first kappa shape index (κ1) is 18.8. The van der Waals surface area contributed by atoms with Crippen molar-refractivity contribution in [3.63, 3.8) is 0 Å². The van der Waals surface area contributed by atoms with Gasteiger partial charge in [-0.2, -0.15) is 0 Å². The SMILES string of the molecule is Cn1cc2c(c1C(=O)Nc1cc(F)c(F)c(F)c1)O[C@@H]1COC[C@H]1NS2(=O)=O. The van der Waals surface area contributed by atoms with E-state index in [1.165, 1.54) is 17.8 Å². The first-order chi connectivity index (χ1) is 13.2. The van der Waals surface area contributed by atoms with Gasteiger partial charge in [0, 0.05) is 31.1 Å². The van der Waals surface area contributed by atoms with Crippen molar-refractivity contribution in [2.24, 2.45) is 7.05 Å². The Morgan fingerprint density at radius 2 is 1.93 bits per heavy atom. The molecule has 1 saturated heterocycles. The summed E-state index contributed by atoms with van der Waals surface area (Å²) in [5.74, 6) is -5.71. The van der Waals surface area contributed by atoms with Gasteiger partial charge in [0.05, 0.1) is 19.3 Å². The molecule has 0 bridgehead atoms. The molecule has 3 heterocycles. The van der Waals surface area contributed by atoms with Crippen LogP contribution in [0.3, 0.4) is 0 Å². The van der Waals surface area contributed by atoms with Crippen LogP contribution in [0.15, 0.2) is 23.2 Å². The fraction of sp³-hybridized carbons (Fsp3) is 0.312. The fourth-order valence-corrected chi connectivity index (χ4v) is 4.57. The summed E-state index contributed by atoms with van der Waals surface area (Å²) in [4.78, 5) is 12.4. The molecular formula is C16H14F3N3O5S. The van der Waals surface area contributed by atoms with Gasteiger partial charge < -0.3 is 19.4 Å². The van der Waals surface area contributed by atoms with Crippen molar-refractivity contribution in [3.8, 4) is 5.75 Å². The van der Waals surface area contributed by atoms with E-state index in [2.05, 4.69) is 10.0 Å². The van der Waals surface area contributed by atoms with Gasteiger partial charge in [0.25, 0.3) is 5.91 Å². The van der Waals surface area contributed by atoms with Crippen molar-refractivity contribution in [1.29, 1.82) is 0 Å². The molecular weight excluding hydrogens is 403 g/mol. The van der Waals surface area contributed by atoms with Crippen LogP contribution in [-0.4, -0.2) is 44.3 Å². The number of ether oxygens (including phenoxy) is 2. The normalized spacial score (nSPS) is 22.7. The van der Waals surface area contributed by atoms with Crippen LogP contribution in [0.1, 0.15) is 10.5 Å². The summed E-state index contributed by atoms with van der Waals surface area (Å²) in [5, 5.41) is 2.22. The first-order valence-corrected chi connectivity index (χ1v) is 9.57. The van der Waals surface area contributed by atoms with Gasteiger partial charge in [0.1, 0.15) is 11.0 Å². The number of sulfonamides is 1. The van der Waals surface area contributed by atoms with Crippen LogP contribution < -0.4 is 14.8 Å². The molecule has 4 rings (SSSR count). The molecule has 2 aromatic rings. The van der Waals surface area contributed by atoms with Crippen LogP contribution >= 0.6 is 0 Å².